The van der Waals surface area contributed by atoms with Crippen molar-refractivity contribution in [2.45, 2.75) is 63.3 Å². The third kappa shape index (κ3) is 3.53. The van der Waals surface area contributed by atoms with Crippen LogP contribution in [0.2, 0.25) is 0 Å². The van der Waals surface area contributed by atoms with Crippen molar-refractivity contribution in [2.24, 2.45) is 0 Å². The standard InChI is InChI=1S/C18H22F3S.ClH/c1-17(2,3)14-9-8-13-10-15(12-6-4-5-7-12)22(16(13)11-14)18(19,20)21;/h8-12H,4-7H2,1-3H3;1H/q+1;/p-1. The molecule has 1 unspecified atom stereocenters. The second-order valence-corrected chi connectivity index (χ2v) is 9.27. The van der Waals surface area contributed by atoms with Crippen molar-refractivity contribution in [2.75, 3.05) is 0 Å². The second kappa shape index (κ2) is 6.29. The molecular formula is C18H22ClF3S. The minimum absolute atomic E-state index is 0. The van der Waals surface area contributed by atoms with Crippen molar-refractivity contribution in [1.29, 1.82) is 0 Å². The zero-order valence-corrected chi connectivity index (χ0v) is 15.2. The van der Waals surface area contributed by atoms with E-state index in [0.29, 0.717) is 9.58 Å². The molecule has 0 radical (unpaired) electrons. The van der Waals surface area contributed by atoms with E-state index >= 15 is 0 Å². The summed E-state index contributed by atoms with van der Waals surface area (Å²) in [6.07, 6.45) is 3.93. The fourth-order valence-corrected chi connectivity index (χ4v) is 5.58. The van der Waals surface area contributed by atoms with Crippen LogP contribution in [0.5, 0.6) is 0 Å². The Balaban J connectivity index is 0.00000192. The number of fused-ring (bicyclic) bond motifs is 1. The van der Waals surface area contributed by atoms with E-state index in [1.165, 1.54) is 0 Å². The maximum atomic E-state index is 13.7. The largest absolute Gasteiger partial charge is 1.00 e. The molecular weight excluding hydrogens is 341 g/mol. The highest BCUT2D eigenvalue weighted by Crippen LogP contribution is 2.55. The topological polar surface area (TPSA) is 0 Å². The summed E-state index contributed by atoms with van der Waals surface area (Å²) < 4.78 is 41.7. The van der Waals surface area contributed by atoms with Gasteiger partial charge in [-0.1, -0.05) is 39.7 Å². The van der Waals surface area contributed by atoms with E-state index in [1.807, 2.05) is 39.0 Å². The summed E-state index contributed by atoms with van der Waals surface area (Å²) >= 11 is 0. The molecule has 0 saturated heterocycles. The van der Waals surface area contributed by atoms with Crippen LogP contribution < -0.4 is 12.4 Å². The highest BCUT2D eigenvalue weighted by Gasteiger charge is 2.49. The Morgan fingerprint density at radius 2 is 1.61 bits per heavy atom. The molecule has 2 aromatic rings. The molecule has 1 aromatic carbocycles. The zero-order valence-electron chi connectivity index (χ0n) is 13.6. The lowest BCUT2D eigenvalue weighted by Gasteiger charge is -2.18. The monoisotopic (exact) mass is 362 g/mol. The van der Waals surface area contributed by atoms with Crippen LogP contribution in [-0.2, 0) is 10.9 Å². The van der Waals surface area contributed by atoms with E-state index < -0.39 is 16.0 Å². The fourth-order valence-electron chi connectivity index (χ4n) is 3.39. The van der Waals surface area contributed by atoms with Crippen LogP contribution >= 0.6 is 10.5 Å². The van der Waals surface area contributed by atoms with Crippen molar-refractivity contribution < 1.29 is 25.6 Å². The van der Waals surface area contributed by atoms with Crippen molar-refractivity contribution in [1.82, 2.24) is 0 Å². The van der Waals surface area contributed by atoms with Gasteiger partial charge in [0.15, 0.2) is 9.58 Å². The maximum absolute atomic E-state index is 13.7. The molecule has 0 aliphatic heterocycles. The van der Waals surface area contributed by atoms with Crippen LogP contribution in [-0.4, -0.2) is 0 Å². The molecule has 23 heavy (non-hydrogen) atoms. The molecule has 5 heteroatoms. The van der Waals surface area contributed by atoms with Crippen LogP contribution in [0.15, 0.2) is 24.3 Å². The predicted molar refractivity (Wildman–Crippen MR) is 87.6 cm³/mol. The SMILES string of the molecule is CC(C)(C)c1ccc2cc(C3CCCC3)[s+](C(F)(F)F)c2c1.[Cl-]. The van der Waals surface area contributed by atoms with Gasteiger partial charge in [-0.2, -0.15) is 0 Å². The Hall–Kier alpha value is -0.740. The van der Waals surface area contributed by atoms with Crippen molar-refractivity contribution in [3.63, 3.8) is 0 Å². The summed E-state index contributed by atoms with van der Waals surface area (Å²) in [6.45, 7) is 6.13. The van der Waals surface area contributed by atoms with E-state index in [1.54, 1.807) is 6.07 Å². The summed E-state index contributed by atoms with van der Waals surface area (Å²) in [6, 6.07) is 7.48. The Kier molecular flexibility index (Phi) is 5.08. The van der Waals surface area contributed by atoms with Crippen molar-refractivity contribution in [3.05, 3.63) is 34.7 Å². The molecule has 0 nitrogen and oxygen atoms in total. The minimum Gasteiger partial charge on any atom is -1.00 e. The van der Waals surface area contributed by atoms with E-state index in [4.69, 9.17) is 0 Å². The number of benzene rings is 1. The molecule has 128 valence electrons. The van der Waals surface area contributed by atoms with Gasteiger partial charge in [0.25, 0.3) is 0 Å². The smallest absolute Gasteiger partial charge is 0.600 e. The van der Waals surface area contributed by atoms with Gasteiger partial charge < -0.3 is 12.4 Å². The summed E-state index contributed by atoms with van der Waals surface area (Å²) in [5, 5.41) is 0.774. The van der Waals surface area contributed by atoms with Gasteiger partial charge in [-0.3, -0.25) is 0 Å². The second-order valence-electron chi connectivity index (χ2n) is 7.28. The molecule has 1 aliphatic rings. The minimum atomic E-state index is -4.17. The molecule has 0 spiro atoms. The first-order chi connectivity index (χ1) is 10.2. The average Bonchev–Trinajstić information content (AvgIpc) is 3.02. The average molecular weight is 363 g/mol. The highest BCUT2D eigenvalue weighted by molar-refractivity contribution is 7.38. The van der Waals surface area contributed by atoms with Gasteiger partial charge in [-0.05, 0) is 29.9 Å². The van der Waals surface area contributed by atoms with E-state index in [0.717, 1.165) is 36.6 Å². The van der Waals surface area contributed by atoms with Crippen LogP contribution in [0.1, 0.15) is 62.8 Å². The quantitative estimate of drug-likeness (QED) is 0.672. The normalized spacial score (nSPS) is 17.6. The van der Waals surface area contributed by atoms with Crippen LogP contribution in [0, 0.1) is 0 Å². The Morgan fingerprint density at radius 1 is 1.00 bits per heavy atom. The Bertz CT molecular complexity index is 689. The Labute approximate surface area is 144 Å². The molecule has 1 aliphatic carbocycles. The molecule has 0 amide bonds. The molecule has 1 aromatic heterocycles. The molecule has 0 N–H and O–H groups in total. The lowest BCUT2D eigenvalue weighted by Crippen LogP contribution is -3.00. The molecule has 1 heterocycles. The fraction of sp³-hybridized carbons (Fsp3) is 0.556. The van der Waals surface area contributed by atoms with Gasteiger partial charge in [-0.25, -0.2) is 0 Å². The molecule has 1 saturated carbocycles. The molecule has 1 atom stereocenters. The molecule has 1 fully saturated rings. The third-order valence-electron chi connectivity index (χ3n) is 4.62. The molecule has 0 bridgehead atoms. The first kappa shape index (κ1) is 18.6. The summed E-state index contributed by atoms with van der Waals surface area (Å²) in [7, 11) is -1.73. The number of hydrogen-bond acceptors (Lipinski definition) is 0. The van der Waals surface area contributed by atoms with Crippen molar-refractivity contribution >= 4 is 20.6 Å². The van der Waals surface area contributed by atoms with E-state index in [9.17, 15) is 13.2 Å². The highest BCUT2D eigenvalue weighted by atomic mass is 35.5. The number of thiophene rings is 1. The first-order valence-corrected chi connectivity index (χ1v) is 9.07. The van der Waals surface area contributed by atoms with Crippen LogP contribution in [0.4, 0.5) is 13.2 Å². The zero-order chi connectivity index (χ0) is 16.1. The van der Waals surface area contributed by atoms with Gasteiger partial charge >= 0.3 is 5.51 Å². The Morgan fingerprint density at radius 3 is 2.13 bits per heavy atom. The van der Waals surface area contributed by atoms with Gasteiger partial charge in [0, 0.05) is 23.4 Å². The summed E-state index contributed by atoms with van der Waals surface area (Å²) in [4.78, 5) is 0.631. The number of rotatable bonds is 1. The first-order valence-electron chi connectivity index (χ1n) is 7.85. The number of halogens is 4. The van der Waals surface area contributed by atoms with Crippen LogP contribution in [0.25, 0.3) is 10.1 Å². The number of alkyl halides is 3. The van der Waals surface area contributed by atoms with Gasteiger partial charge in [0.1, 0.15) is 0 Å². The maximum Gasteiger partial charge on any atom is 0.600 e. The summed E-state index contributed by atoms with van der Waals surface area (Å²) in [5.74, 6) is 0.121. The van der Waals surface area contributed by atoms with E-state index in [-0.39, 0.29) is 23.7 Å². The van der Waals surface area contributed by atoms with Crippen molar-refractivity contribution in [3.8, 4) is 0 Å². The summed E-state index contributed by atoms with van der Waals surface area (Å²) in [5.41, 5.74) is -3.32. The van der Waals surface area contributed by atoms with Gasteiger partial charge in [-0.15, -0.1) is 13.2 Å². The van der Waals surface area contributed by atoms with Crippen LogP contribution in [0.3, 0.4) is 0 Å². The van der Waals surface area contributed by atoms with E-state index in [2.05, 4.69) is 0 Å². The third-order valence-corrected chi connectivity index (χ3v) is 6.80. The predicted octanol–water partition coefficient (Wildman–Crippen LogP) is 4.02. The lowest BCUT2D eigenvalue weighted by molar-refractivity contribution is -0.0868. The molecule has 3 rings (SSSR count). The lowest BCUT2D eigenvalue weighted by atomic mass is 9.87. The van der Waals surface area contributed by atoms with Gasteiger partial charge in [0.2, 0.25) is 0 Å². The van der Waals surface area contributed by atoms with Gasteiger partial charge in [0.05, 0.1) is 10.5 Å². The number of hydrogen-bond donors (Lipinski definition) is 0.